The first kappa shape index (κ1) is 70.8. The summed E-state index contributed by atoms with van der Waals surface area (Å²) in [5.41, 5.74) is 25.9. The maximum absolute atomic E-state index is 8.46. The van der Waals surface area contributed by atoms with Crippen LogP contribution in [-0.2, 0) is 42.7 Å². The van der Waals surface area contributed by atoms with Crippen molar-refractivity contribution in [2.45, 2.75) is 105 Å². The number of hydrogen-bond acceptors (Lipinski definition) is 2. The van der Waals surface area contributed by atoms with Gasteiger partial charge in [-0.25, -0.2) is 4.98 Å². The third-order valence-corrected chi connectivity index (χ3v) is 21.8. The fourth-order valence-electron chi connectivity index (χ4n) is 15.9. The third kappa shape index (κ3) is 12.5. The fraction of sp³-hybridized carbons (Fsp3) is 0.158. The number of fused-ring (bicyclic) bond motifs is 10. The number of pyridine rings is 1. The van der Waals surface area contributed by atoms with Gasteiger partial charge in [-0.15, -0.1) is 29.7 Å². The molecule has 0 amide bonds. The number of aromatic nitrogens is 6. The summed E-state index contributed by atoms with van der Waals surface area (Å²) in [7, 11) is 0. The van der Waals surface area contributed by atoms with Crippen molar-refractivity contribution in [1.82, 2.24) is 23.3 Å². The Morgan fingerprint density at radius 3 is 1.49 bits per heavy atom. The van der Waals surface area contributed by atoms with E-state index in [0.717, 1.165) is 116 Å². The predicted octanol–water partition coefficient (Wildman–Crippen LogP) is 26.2. The van der Waals surface area contributed by atoms with Crippen molar-refractivity contribution in [2.24, 2.45) is 0 Å². The molecule has 0 saturated heterocycles. The van der Waals surface area contributed by atoms with Gasteiger partial charge < -0.3 is 23.0 Å². The van der Waals surface area contributed by atoms with Gasteiger partial charge in [-0.05, 0) is 166 Å². The summed E-state index contributed by atoms with van der Waals surface area (Å²) < 4.78 is 18.1. The maximum atomic E-state index is 8.46. The van der Waals surface area contributed by atoms with Crippen molar-refractivity contribution in [3.05, 3.63) is 337 Å². The Bertz CT molecular complexity index is 6530. The molecule has 0 spiro atoms. The zero-order chi connectivity index (χ0) is 75.0. The summed E-state index contributed by atoms with van der Waals surface area (Å²) >= 11 is 0. The van der Waals surface area contributed by atoms with Crippen LogP contribution < -0.4 is 9.30 Å². The van der Waals surface area contributed by atoms with Gasteiger partial charge in [-0.3, -0.25) is 9.41 Å². The molecular formula is C101H83N7OPt-2. The Morgan fingerprint density at radius 2 is 0.900 bits per heavy atom. The van der Waals surface area contributed by atoms with Gasteiger partial charge in [0.1, 0.15) is 5.82 Å². The van der Waals surface area contributed by atoms with Crippen LogP contribution in [0.5, 0.6) is 11.5 Å². The topological polar surface area (TPSA) is 50.1 Å². The van der Waals surface area contributed by atoms with Crippen LogP contribution in [0.2, 0.25) is 0 Å². The molecule has 0 bridgehead atoms. The van der Waals surface area contributed by atoms with Crippen molar-refractivity contribution in [3.63, 3.8) is 0 Å². The van der Waals surface area contributed by atoms with Gasteiger partial charge in [-0.2, -0.15) is 12.1 Å². The van der Waals surface area contributed by atoms with Crippen LogP contribution in [0.3, 0.4) is 0 Å². The van der Waals surface area contributed by atoms with Gasteiger partial charge in [0.2, 0.25) is 0 Å². The number of nitrogens with zero attached hydrogens (tertiary/aromatic N) is 7. The molecule has 0 aliphatic rings. The van der Waals surface area contributed by atoms with Crippen molar-refractivity contribution in [1.29, 1.82) is 0 Å². The molecule has 0 N–H and O–H groups in total. The van der Waals surface area contributed by atoms with Crippen LogP contribution >= 0.6 is 0 Å². The summed E-state index contributed by atoms with van der Waals surface area (Å²) in [6.07, 6.45) is 5.70. The Morgan fingerprint density at radius 1 is 0.382 bits per heavy atom. The summed E-state index contributed by atoms with van der Waals surface area (Å²) in [5, 5.41) is 6.72. The molecule has 0 unspecified atom stereocenters. The van der Waals surface area contributed by atoms with Gasteiger partial charge in [0.15, 0.2) is 0 Å². The van der Waals surface area contributed by atoms with Crippen LogP contribution in [0.1, 0.15) is 105 Å². The Kier molecular flexibility index (Phi) is 17.3. The number of rotatable bonds is 11. The molecule has 5 aromatic heterocycles. The Balaban J connectivity index is 0.00000882. The molecule has 0 aliphatic carbocycles. The Hall–Kier alpha value is -12.1. The van der Waals surface area contributed by atoms with E-state index in [1.165, 1.54) is 44.2 Å². The normalized spacial score (nSPS) is 12.3. The Labute approximate surface area is 657 Å². The molecule has 540 valence electrons. The van der Waals surface area contributed by atoms with E-state index in [9.17, 15) is 0 Å². The number of benzene rings is 13. The van der Waals surface area contributed by atoms with Gasteiger partial charge in [-0.1, -0.05) is 282 Å². The summed E-state index contributed by atoms with van der Waals surface area (Å²) in [5.74, 6) is 1.52. The number of ether oxygens (including phenoxy) is 1. The SMILES string of the molecule is [C-]#[N+]c1cc(Oc2[c-]c3c(cc2)c2cc(-c4cc(-c5cc(C(C)(C)C)cc(C(C)(C)C)c5)cc(-c5cc(C(C)(C)C)cc(C(C)(C)C)c5)c4)ccc2n3-c2ccc(-n3c4ccccc4c4cccc(-n5c6ccccc6c6ccccc65)c43)cn2)[c-]c(-n2[c-][n+](-c3ccccc3-c3ccccc3)c3ccccc32)c1.[Pt]. The molecule has 0 radical (unpaired) electrons. The van der Waals surface area contributed by atoms with Crippen molar-refractivity contribution in [3.8, 4) is 84.6 Å². The zero-order valence-corrected chi connectivity index (χ0v) is 66.3. The molecular weight excluding hydrogens is 1520 g/mol. The van der Waals surface area contributed by atoms with Crippen LogP contribution in [0.4, 0.5) is 5.69 Å². The number of hydrogen-bond donors (Lipinski definition) is 0. The van der Waals surface area contributed by atoms with Gasteiger partial charge in [0.25, 0.3) is 6.33 Å². The van der Waals surface area contributed by atoms with E-state index in [1.54, 1.807) is 6.07 Å². The molecule has 0 fully saturated rings. The van der Waals surface area contributed by atoms with Crippen molar-refractivity contribution >= 4 is 82.1 Å². The molecule has 0 saturated carbocycles. The summed E-state index contributed by atoms with van der Waals surface area (Å²) in [6, 6.07) is 108. The molecule has 18 rings (SSSR count). The quantitative estimate of drug-likeness (QED) is 0.0957. The van der Waals surface area contributed by atoms with Crippen LogP contribution in [0.25, 0.3) is 154 Å². The standard InChI is InChI=1S/C101H83N7O.Pt/c1-98(2,3)71-51-69(52-72(56-71)99(4,5)6)67-48-66(49-68(50-67)70-53-73(100(7,8)9)57-74(54-70)101(10,11)12)65-42-46-91-86(55-65)84-45-44-78(109-79-59-75(102-13)58-77(60-79)104-63-105(93-40-26-25-39-92(93)104)87-35-21-17-30-80(87)64-28-15-14-16-29-64)61-95(84)108(91)96-47-43-76(62-103-96)106-88-36-22-20-33-83(88)85-34-27-41-94(97(85)106)107-89-37-23-18-31-81(89)82-32-19-24-38-90(82)107;/h14-59,62H,1-12H3;/q-2;. The van der Waals surface area contributed by atoms with Crippen LogP contribution in [-0.4, -0.2) is 23.3 Å². The van der Waals surface area contributed by atoms with Crippen molar-refractivity contribution < 1.29 is 30.4 Å². The van der Waals surface area contributed by atoms with Crippen molar-refractivity contribution in [2.75, 3.05) is 0 Å². The van der Waals surface area contributed by atoms with Crippen LogP contribution in [0.15, 0.2) is 285 Å². The molecule has 0 atom stereocenters. The first-order valence-corrected chi connectivity index (χ1v) is 37.7. The van der Waals surface area contributed by atoms with E-state index in [1.807, 2.05) is 41.1 Å². The minimum absolute atomic E-state index is 0. The molecule has 0 aliphatic heterocycles. The minimum Gasteiger partial charge on any atom is -0.511 e. The molecule has 13 aromatic carbocycles. The van der Waals surface area contributed by atoms with Gasteiger partial charge in [0.05, 0.1) is 68.6 Å². The maximum Gasteiger partial charge on any atom is 0.268 e. The van der Waals surface area contributed by atoms with E-state index >= 15 is 0 Å². The largest absolute Gasteiger partial charge is 0.511 e. The molecule has 9 heteroatoms. The number of imidazole rings is 1. The first-order valence-electron chi connectivity index (χ1n) is 37.7. The minimum atomic E-state index is -0.0844. The van der Waals surface area contributed by atoms with Gasteiger partial charge in [0, 0.05) is 53.9 Å². The average Bonchev–Trinajstić information content (AvgIpc) is 1.56. The smallest absolute Gasteiger partial charge is 0.268 e. The second-order valence-corrected chi connectivity index (χ2v) is 33.3. The molecule has 5 heterocycles. The van der Waals surface area contributed by atoms with E-state index < -0.39 is 0 Å². The number of para-hydroxylation sites is 7. The van der Waals surface area contributed by atoms with E-state index in [0.29, 0.717) is 28.7 Å². The fourth-order valence-corrected chi connectivity index (χ4v) is 15.9. The zero-order valence-electron chi connectivity index (χ0n) is 64.0. The molecule has 110 heavy (non-hydrogen) atoms. The summed E-state index contributed by atoms with van der Waals surface area (Å²) in [6.45, 7) is 36.3. The molecule has 18 aromatic rings. The second kappa shape index (κ2) is 26.9. The monoisotopic (exact) mass is 1600 g/mol. The third-order valence-electron chi connectivity index (χ3n) is 21.8. The van der Waals surface area contributed by atoms with Crippen LogP contribution in [0, 0.1) is 25.0 Å². The van der Waals surface area contributed by atoms with E-state index in [-0.39, 0.29) is 42.7 Å². The van der Waals surface area contributed by atoms with E-state index in [2.05, 4.69) is 367 Å². The molecule has 8 nitrogen and oxygen atoms in total. The summed E-state index contributed by atoms with van der Waals surface area (Å²) in [4.78, 5) is 9.54. The predicted molar refractivity (Wildman–Crippen MR) is 451 cm³/mol. The van der Waals surface area contributed by atoms with Gasteiger partial charge >= 0.3 is 0 Å². The second-order valence-electron chi connectivity index (χ2n) is 33.3. The first-order chi connectivity index (χ1) is 52.5. The van der Waals surface area contributed by atoms with E-state index in [4.69, 9.17) is 16.3 Å². The average molecular weight is 1610 g/mol.